The molecule has 0 spiro atoms. The highest BCUT2D eigenvalue weighted by molar-refractivity contribution is 5.95. The van der Waals surface area contributed by atoms with Gasteiger partial charge in [-0.3, -0.25) is 4.79 Å². The molecule has 3 heterocycles. The van der Waals surface area contributed by atoms with E-state index in [9.17, 15) is 4.79 Å². The maximum atomic E-state index is 12.4. The minimum atomic E-state index is -0.354. The largest absolute Gasteiger partial charge is 0.370 e. The molecule has 2 N–H and O–H groups in total. The zero-order valence-corrected chi connectivity index (χ0v) is 13.4. The van der Waals surface area contributed by atoms with Crippen LogP contribution in [0.25, 0.3) is 0 Å². The third kappa shape index (κ3) is 3.50. The summed E-state index contributed by atoms with van der Waals surface area (Å²) in [5.74, 6) is 3.43. The minimum absolute atomic E-state index is 0.0869. The van der Waals surface area contributed by atoms with Crippen LogP contribution < -0.4 is 10.6 Å². The van der Waals surface area contributed by atoms with Crippen LogP contribution in [0, 0.1) is 19.3 Å². The van der Waals surface area contributed by atoms with Gasteiger partial charge in [-0.25, -0.2) is 4.98 Å². The zero-order chi connectivity index (χ0) is 16.3. The van der Waals surface area contributed by atoms with E-state index in [1.807, 2.05) is 13.0 Å². The van der Waals surface area contributed by atoms with E-state index in [2.05, 4.69) is 31.8 Å². The standard InChI is InChI=1S/C17H21N5O/c1-3-4-7-17(21-22-17)8-10-19-16(23)14-11-13-6-5-9-18-15(13)20-12(14)2/h1,11H,4-10H2,2H3,(H,18,20)(H,19,23). The number of nitrogens with one attached hydrogen (secondary N) is 2. The molecule has 0 fully saturated rings. The van der Waals surface area contributed by atoms with E-state index < -0.39 is 0 Å². The van der Waals surface area contributed by atoms with E-state index in [0.29, 0.717) is 24.9 Å². The average Bonchev–Trinajstić information content (AvgIpc) is 3.32. The van der Waals surface area contributed by atoms with Crippen LogP contribution in [0.2, 0.25) is 0 Å². The van der Waals surface area contributed by atoms with Gasteiger partial charge in [-0.1, -0.05) is 0 Å². The Morgan fingerprint density at radius 2 is 2.30 bits per heavy atom. The fourth-order valence-corrected chi connectivity index (χ4v) is 2.85. The van der Waals surface area contributed by atoms with Crippen LogP contribution in [0.15, 0.2) is 16.3 Å². The molecule has 0 bridgehead atoms. The molecule has 1 aromatic heterocycles. The number of aryl methyl sites for hydroxylation is 2. The Hall–Kier alpha value is -2.42. The quantitative estimate of drug-likeness (QED) is 0.792. The molecule has 0 saturated heterocycles. The van der Waals surface area contributed by atoms with Gasteiger partial charge in [0.15, 0.2) is 5.66 Å². The summed E-state index contributed by atoms with van der Waals surface area (Å²) < 4.78 is 0. The number of terminal acetylenes is 1. The van der Waals surface area contributed by atoms with Crippen molar-refractivity contribution in [3.63, 3.8) is 0 Å². The maximum absolute atomic E-state index is 12.4. The van der Waals surface area contributed by atoms with E-state index in [4.69, 9.17) is 6.42 Å². The number of aromatic nitrogens is 1. The molecule has 1 aromatic rings. The number of hydrogen-bond acceptors (Lipinski definition) is 5. The van der Waals surface area contributed by atoms with Crippen molar-refractivity contribution in [3.05, 3.63) is 22.9 Å². The van der Waals surface area contributed by atoms with Crippen LogP contribution in [0.1, 0.15) is 47.3 Å². The van der Waals surface area contributed by atoms with E-state index in [0.717, 1.165) is 42.9 Å². The van der Waals surface area contributed by atoms with E-state index in [1.165, 1.54) is 0 Å². The normalized spacial score (nSPS) is 16.9. The van der Waals surface area contributed by atoms with Gasteiger partial charge in [0.25, 0.3) is 5.91 Å². The molecular formula is C17H21N5O. The van der Waals surface area contributed by atoms with Gasteiger partial charge in [-0.15, -0.1) is 12.3 Å². The summed E-state index contributed by atoms with van der Waals surface area (Å²) in [6.45, 7) is 3.34. The molecule has 0 aromatic carbocycles. The summed E-state index contributed by atoms with van der Waals surface area (Å²) in [5, 5.41) is 14.4. The van der Waals surface area contributed by atoms with Crippen LogP contribution >= 0.6 is 0 Å². The number of nitrogens with zero attached hydrogens (tertiary/aromatic N) is 3. The molecule has 6 heteroatoms. The zero-order valence-electron chi connectivity index (χ0n) is 13.4. The van der Waals surface area contributed by atoms with Crippen molar-refractivity contribution in [2.75, 3.05) is 18.4 Å². The Bertz CT molecular complexity index is 683. The molecule has 0 aliphatic carbocycles. The third-order valence-electron chi connectivity index (χ3n) is 4.32. The van der Waals surface area contributed by atoms with Gasteiger partial charge in [-0.2, -0.15) is 10.2 Å². The molecule has 0 unspecified atom stereocenters. The Morgan fingerprint density at radius 1 is 1.48 bits per heavy atom. The van der Waals surface area contributed by atoms with Crippen molar-refractivity contribution in [1.82, 2.24) is 10.3 Å². The fraction of sp³-hybridized carbons (Fsp3) is 0.529. The van der Waals surface area contributed by atoms with Crippen molar-refractivity contribution < 1.29 is 4.79 Å². The lowest BCUT2D eigenvalue weighted by Gasteiger charge is -2.19. The smallest absolute Gasteiger partial charge is 0.253 e. The van der Waals surface area contributed by atoms with Gasteiger partial charge in [0.05, 0.1) is 11.3 Å². The SMILES string of the molecule is C#CCCC1(CCNC(=O)c2cc3c(nc2C)NCCC3)N=N1. The highest BCUT2D eigenvalue weighted by Gasteiger charge is 2.38. The first-order valence-corrected chi connectivity index (χ1v) is 8.04. The molecule has 0 atom stereocenters. The predicted octanol–water partition coefficient (Wildman–Crippen LogP) is 2.44. The van der Waals surface area contributed by atoms with Crippen LogP contribution in [-0.2, 0) is 6.42 Å². The van der Waals surface area contributed by atoms with E-state index in [-0.39, 0.29) is 11.6 Å². The number of carbonyl (C=O) groups is 1. The van der Waals surface area contributed by atoms with E-state index >= 15 is 0 Å². The molecular weight excluding hydrogens is 290 g/mol. The molecule has 120 valence electrons. The van der Waals surface area contributed by atoms with Crippen molar-refractivity contribution in [3.8, 4) is 12.3 Å². The number of anilines is 1. The summed E-state index contributed by atoms with van der Waals surface area (Å²) in [7, 11) is 0. The number of hydrogen-bond donors (Lipinski definition) is 2. The Morgan fingerprint density at radius 3 is 3.04 bits per heavy atom. The number of carbonyl (C=O) groups excluding carboxylic acids is 1. The van der Waals surface area contributed by atoms with Crippen LogP contribution in [0.3, 0.4) is 0 Å². The average molecular weight is 311 g/mol. The van der Waals surface area contributed by atoms with Crippen molar-refractivity contribution in [2.45, 2.75) is 44.7 Å². The second-order valence-electron chi connectivity index (χ2n) is 6.05. The number of pyridine rings is 1. The van der Waals surface area contributed by atoms with Gasteiger partial charge in [-0.05, 0) is 31.4 Å². The lowest BCUT2D eigenvalue weighted by Crippen LogP contribution is -2.29. The predicted molar refractivity (Wildman–Crippen MR) is 88.4 cm³/mol. The first-order valence-electron chi connectivity index (χ1n) is 8.04. The molecule has 0 saturated carbocycles. The van der Waals surface area contributed by atoms with Gasteiger partial charge in [0.2, 0.25) is 0 Å². The maximum Gasteiger partial charge on any atom is 0.253 e. The molecule has 2 aliphatic heterocycles. The van der Waals surface area contributed by atoms with Crippen LogP contribution in [-0.4, -0.2) is 29.6 Å². The van der Waals surface area contributed by atoms with Crippen molar-refractivity contribution in [2.24, 2.45) is 10.2 Å². The molecule has 0 radical (unpaired) electrons. The van der Waals surface area contributed by atoms with Crippen molar-refractivity contribution >= 4 is 11.7 Å². The fourth-order valence-electron chi connectivity index (χ4n) is 2.85. The monoisotopic (exact) mass is 311 g/mol. The Labute approximate surface area is 136 Å². The van der Waals surface area contributed by atoms with Crippen LogP contribution in [0.4, 0.5) is 5.82 Å². The molecule has 2 aliphatic rings. The summed E-state index contributed by atoms with van der Waals surface area (Å²) in [6, 6.07) is 1.96. The lowest BCUT2D eigenvalue weighted by molar-refractivity contribution is 0.0951. The minimum Gasteiger partial charge on any atom is -0.370 e. The topological polar surface area (TPSA) is 78.7 Å². The number of fused-ring (bicyclic) bond motifs is 1. The van der Waals surface area contributed by atoms with E-state index in [1.54, 1.807) is 0 Å². The van der Waals surface area contributed by atoms with Crippen molar-refractivity contribution in [1.29, 1.82) is 0 Å². The van der Waals surface area contributed by atoms with Gasteiger partial charge < -0.3 is 10.6 Å². The van der Waals surface area contributed by atoms with Crippen LogP contribution in [0.5, 0.6) is 0 Å². The first kappa shape index (κ1) is 15.5. The first-order chi connectivity index (χ1) is 11.1. The summed E-state index contributed by atoms with van der Waals surface area (Å²) >= 11 is 0. The Kier molecular flexibility index (Phi) is 4.28. The molecule has 1 amide bonds. The highest BCUT2D eigenvalue weighted by atomic mass is 16.1. The second kappa shape index (κ2) is 6.37. The summed E-state index contributed by atoms with van der Waals surface area (Å²) in [4.78, 5) is 16.9. The second-order valence-corrected chi connectivity index (χ2v) is 6.05. The van der Waals surface area contributed by atoms with Gasteiger partial charge >= 0.3 is 0 Å². The number of amides is 1. The molecule has 3 rings (SSSR count). The molecule has 23 heavy (non-hydrogen) atoms. The number of rotatable bonds is 6. The van der Waals surface area contributed by atoms with Gasteiger partial charge in [0.1, 0.15) is 5.82 Å². The lowest BCUT2D eigenvalue weighted by atomic mass is 10.0. The Balaban J connectivity index is 1.57. The summed E-state index contributed by atoms with van der Waals surface area (Å²) in [5.41, 5.74) is 2.16. The highest BCUT2D eigenvalue weighted by Crippen LogP contribution is 2.36. The molecule has 6 nitrogen and oxygen atoms in total. The van der Waals surface area contributed by atoms with Gasteiger partial charge in [0, 0.05) is 32.4 Å². The summed E-state index contributed by atoms with van der Waals surface area (Å²) in [6.07, 6.45) is 9.41. The third-order valence-corrected chi connectivity index (χ3v) is 4.32.